The summed E-state index contributed by atoms with van der Waals surface area (Å²) in [6, 6.07) is 4.61. The summed E-state index contributed by atoms with van der Waals surface area (Å²) in [6.07, 6.45) is 2.26. The maximum absolute atomic E-state index is 11.9. The lowest BCUT2D eigenvalue weighted by atomic mass is 10.1. The topological polar surface area (TPSA) is 29.5 Å². The second-order valence-corrected chi connectivity index (χ2v) is 5.25. The molecule has 0 unspecified atom stereocenters. The predicted octanol–water partition coefficient (Wildman–Crippen LogP) is 2.61. The third-order valence-corrected chi connectivity index (χ3v) is 3.43. The van der Waals surface area contributed by atoms with E-state index in [1.165, 1.54) is 5.56 Å². The zero-order chi connectivity index (χ0) is 13.3. The van der Waals surface area contributed by atoms with Crippen LogP contribution in [0.5, 0.6) is 5.75 Å². The fraction of sp³-hybridized carbons (Fsp3) is 0.533. The van der Waals surface area contributed by atoms with Crippen molar-refractivity contribution in [3.8, 4) is 5.75 Å². The van der Waals surface area contributed by atoms with Gasteiger partial charge in [-0.1, -0.05) is 17.7 Å². The van der Waals surface area contributed by atoms with Crippen molar-refractivity contribution in [2.45, 2.75) is 39.7 Å². The molecule has 18 heavy (non-hydrogen) atoms. The normalized spacial score (nSPS) is 14.4. The molecule has 1 aromatic carbocycles. The summed E-state index contributed by atoms with van der Waals surface area (Å²) in [5, 5.41) is 0. The first-order valence-corrected chi connectivity index (χ1v) is 6.45. The van der Waals surface area contributed by atoms with Gasteiger partial charge in [0.15, 0.2) is 6.61 Å². The van der Waals surface area contributed by atoms with Crippen molar-refractivity contribution in [2.24, 2.45) is 0 Å². The van der Waals surface area contributed by atoms with Crippen molar-refractivity contribution in [1.29, 1.82) is 0 Å². The van der Waals surface area contributed by atoms with Gasteiger partial charge in [0, 0.05) is 13.1 Å². The molecule has 0 N–H and O–H groups in total. The Labute approximate surface area is 109 Å². The average molecular weight is 247 g/mol. The molecule has 1 aliphatic carbocycles. The minimum atomic E-state index is 0.0666. The molecule has 0 saturated heterocycles. The molecule has 2 rings (SSSR count). The summed E-state index contributed by atoms with van der Waals surface area (Å²) in [6.45, 7) is 6.24. The Morgan fingerprint density at radius 3 is 2.33 bits per heavy atom. The van der Waals surface area contributed by atoms with Gasteiger partial charge in [-0.15, -0.1) is 0 Å². The fourth-order valence-electron chi connectivity index (χ4n) is 2.30. The smallest absolute Gasteiger partial charge is 0.260 e. The molecule has 0 atom stereocenters. The summed E-state index contributed by atoms with van der Waals surface area (Å²) >= 11 is 0. The summed E-state index contributed by atoms with van der Waals surface area (Å²) in [4.78, 5) is 13.7. The van der Waals surface area contributed by atoms with Gasteiger partial charge in [-0.05, 0) is 44.7 Å². The van der Waals surface area contributed by atoms with Crippen molar-refractivity contribution in [1.82, 2.24) is 4.90 Å². The van der Waals surface area contributed by atoms with Crippen LogP contribution in [0.25, 0.3) is 0 Å². The van der Waals surface area contributed by atoms with Gasteiger partial charge in [0.05, 0.1) is 0 Å². The number of hydrogen-bond donors (Lipinski definition) is 0. The van der Waals surface area contributed by atoms with Crippen LogP contribution >= 0.6 is 0 Å². The van der Waals surface area contributed by atoms with Crippen LogP contribution in [0.2, 0.25) is 0 Å². The van der Waals surface area contributed by atoms with Crippen LogP contribution in [0.1, 0.15) is 29.5 Å². The summed E-state index contributed by atoms with van der Waals surface area (Å²) in [5.74, 6) is 0.912. The third kappa shape index (κ3) is 2.84. The van der Waals surface area contributed by atoms with Gasteiger partial charge in [0.1, 0.15) is 5.75 Å². The Hall–Kier alpha value is -1.51. The highest BCUT2D eigenvalue weighted by molar-refractivity contribution is 5.78. The monoisotopic (exact) mass is 247 g/mol. The summed E-state index contributed by atoms with van der Waals surface area (Å²) < 4.78 is 5.69. The molecule has 1 amide bonds. The predicted molar refractivity (Wildman–Crippen MR) is 71.9 cm³/mol. The van der Waals surface area contributed by atoms with E-state index >= 15 is 0 Å². The molecule has 1 aromatic rings. The number of amides is 1. The standard InChI is InChI=1S/C15H21NO2/c1-10-7-11(2)15(12(3)8-10)18-9-14(17)16(4)13-5-6-13/h7-8,13H,5-6,9H2,1-4H3. The van der Waals surface area contributed by atoms with E-state index in [0.717, 1.165) is 29.7 Å². The number of rotatable bonds is 4. The number of hydrogen-bond acceptors (Lipinski definition) is 2. The van der Waals surface area contributed by atoms with Crippen molar-refractivity contribution in [3.63, 3.8) is 0 Å². The van der Waals surface area contributed by atoms with Gasteiger partial charge in [-0.2, -0.15) is 0 Å². The van der Waals surface area contributed by atoms with Crippen LogP contribution in [0.15, 0.2) is 12.1 Å². The SMILES string of the molecule is Cc1cc(C)c(OCC(=O)N(C)C2CC2)c(C)c1. The molecule has 0 aromatic heterocycles. The van der Waals surface area contributed by atoms with E-state index in [1.54, 1.807) is 4.90 Å². The van der Waals surface area contributed by atoms with Crippen LogP contribution < -0.4 is 4.74 Å². The van der Waals surface area contributed by atoms with E-state index in [4.69, 9.17) is 4.74 Å². The van der Waals surface area contributed by atoms with E-state index in [2.05, 4.69) is 19.1 Å². The largest absolute Gasteiger partial charge is 0.483 e. The van der Waals surface area contributed by atoms with Crippen LogP contribution in [-0.2, 0) is 4.79 Å². The van der Waals surface area contributed by atoms with Gasteiger partial charge in [-0.25, -0.2) is 0 Å². The zero-order valence-electron chi connectivity index (χ0n) is 11.6. The molecule has 3 nitrogen and oxygen atoms in total. The van der Waals surface area contributed by atoms with Crippen molar-refractivity contribution >= 4 is 5.91 Å². The van der Waals surface area contributed by atoms with Gasteiger partial charge in [0.25, 0.3) is 5.91 Å². The number of aryl methyl sites for hydroxylation is 3. The minimum absolute atomic E-state index is 0.0666. The van der Waals surface area contributed by atoms with E-state index in [0.29, 0.717) is 6.04 Å². The number of nitrogens with zero attached hydrogens (tertiary/aromatic N) is 1. The molecule has 0 radical (unpaired) electrons. The maximum atomic E-state index is 11.9. The number of benzene rings is 1. The van der Waals surface area contributed by atoms with Crippen LogP contribution in [0, 0.1) is 20.8 Å². The highest BCUT2D eigenvalue weighted by Crippen LogP contribution is 2.27. The van der Waals surface area contributed by atoms with E-state index in [9.17, 15) is 4.79 Å². The third-order valence-electron chi connectivity index (χ3n) is 3.43. The average Bonchev–Trinajstić information content (AvgIpc) is 3.09. The molecular weight excluding hydrogens is 226 g/mol. The highest BCUT2D eigenvalue weighted by Gasteiger charge is 2.29. The first kappa shape index (κ1) is 12.9. The van der Waals surface area contributed by atoms with Gasteiger partial charge < -0.3 is 9.64 Å². The Morgan fingerprint density at radius 2 is 1.83 bits per heavy atom. The Kier molecular flexibility index (Phi) is 3.60. The number of carbonyl (C=O) groups is 1. The van der Waals surface area contributed by atoms with Crippen molar-refractivity contribution in [2.75, 3.05) is 13.7 Å². The number of likely N-dealkylation sites (N-methyl/N-ethyl adjacent to an activating group) is 1. The molecule has 3 heteroatoms. The molecular formula is C15H21NO2. The second kappa shape index (κ2) is 5.01. The lowest BCUT2D eigenvalue weighted by Crippen LogP contribution is -2.33. The molecule has 0 bridgehead atoms. The summed E-state index contributed by atoms with van der Waals surface area (Å²) in [5.41, 5.74) is 3.41. The van der Waals surface area contributed by atoms with E-state index in [-0.39, 0.29) is 12.5 Å². The molecule has 0 aliphatic heterocycles. The maximum Gasteiger partial charge on any atom is 0.260 e. The van der Waals surface area contributed by atoms with Crippen LogP contribution in [-0.4, -0.2) is 30.5 Å². The first-order chi connectivity index (χ1) is 8.49. The van der Waals surface area contributed by atoms with Gasteiger partial charge >= 0.3 is 0 Å². The molecule has 0 spiro atoms. The van der Waals surface area contributed by atoms with Gasteiger partial charge in [0.2, 0.25) is 0 Å². The quantitative estimate of drug-likeness (QED) is 0.818. The van der Waals surface area contributed by atoms with Crippen LogP contribution in [0.3, 0.4) is 0 Å². The lowest BCUT2D eigenvalue weighted by molar-refractivity contribution is -0.132. The van der Waals surface area contributed by atoms with Crippen molar-refractivity contribution < 1.29 is 9.53 Å². The van der Waals surface area contributed by atoms with E-state index < -0.39 is 0 Å². The second-order valence-electron chi connectivity index (χ2n) is 5.25. The molecule has 98 valence electrons. The number of carbonyl (C=O) groups excluding carboxylic acids is 1. The molecule has 1 aliphatic rings. The first-order valence-electron chi connectivity index (χ1n) is 6.45. The zero-order valence-corrected chi connectivity index (χ0v) is 11.6. The Balaban J connectivity index is 1.99. The highest BCUT2D eigenvalue weighted by atomic mass is 16.5. The molecule has 1 fully saturated rings. The van der Waals surface area contributed by atoms with Gasteiger partial charge in [-0.3, -0.25) is 4.79 Å². The number of ether oxygens (including phenoxy) is 1. The molecule has 0 heterocycles. The Morgan fingerprint density at radius 1 is 1.28 bits per heavy atom. The van der Waals surface area contributed by atoms with E-state index in [1.807, 2.05) is 20.9 Å². The van der Waals surface area contributed by atoms with Crippen molar-refractivity contribution in [3.05, 3.63) is 28.8 Å². The Bertz CT molecular complexity index is 441. The minimum Gasteiger partial charge on any atom is -0.483 e. The lowest BCUT2D eigenvalue weighted by Gasteiger charge is -2.18. The van der Waals surface area contributed by atoms with Crippen LogP contribution in [0.4, 0.5) is 0 Å². The molecule has 1 saturated carbocycles. The summed E-state index contributed by atoms with van der Waals surface area (Å²) in [7, 11) is 1.86. The fourth-order valence-corrected chi connectivity index (χ4v) is 2.30.